The van der Waals surface area contributed by atoms with Gasteiger partial charge in [-0.25, -0.2) is 8.78 Å². The number of ether oxygens (including phenoxy) is 1. The van der Waals surface area contributed by atoms with Crippen molar-refractivity contribution in [2.75, 3.05) is 20.2 Å². The van der Waals surface area contributed by atoms with Crippen LogP contribution in [-0.2, 0) is 6.54 Å². The van der Waals surface area contributed by atoms with Crippen LogP contribution in [0.4, 0.5) is 8.78 Å². The molecule has 1 aliphatic rings. The van der Waals surface area contributed by atoms with Gasteiger partial charge in [-0.3, -0.25) is 10.00 Å². The minimum atomic E-state index is -0.840. The van der Waals surface area contributed by atoms with E-state index in [0.717, 1.165) is 55.5 Å². The molecule has 28 heavy (non-hydrogen) atoms. The Bertz CT molecular complexity index is 956. The molecule has 6 heteroatoms. The summed E-state index contributed by atoms with van der Waals surface area (Å²) in [5.41, 5.74) is 3.69. The average Bonchev–Trinajstić information content (AvgIpc) is 3.20. The van der Waals surface area contributed by atoms with Crippen molar-refractivity contribution in [3.63, 3.8) is 0 Å². The number of benzene rings is 2. The molecule has 0 radical (unpaired) electrons. The van der Waals surface area contributed by atoms with Crippen LogP contribution in [-0.4, -0.2) is 35.3 Å². The molecule has 1 aliphatic heterocycles. The molecule has 0 saturated carbocycles. The van der Waals surface area contributed by atoms with Gasteiger partial charge >= 0.3 is 0 Å². The Labute approximate surface area is 163 Å². The summed E-state index contributed by atoms with van der Waals surface area (Å²) in [6.07, 6.45) is 3.81. The number of likely N-dealkylation sites (tertiary alicyclic amines) is 1. The molecule has 146 valence electrons. The predicted octanol–water partition coefficient (Wildman–Crippen LogP) is 4.74. The van der Waals surface area contributed by atoms with Gasteiger partial charge in [0.1, 0.15) is 5.75 Å². The highest BCUT2D eigenvalue weighted by Crippen LogP contribution is 2.34. The average molecular weight is 383 g/mol. The van der Waals surface area contributed by atoms with Gasteiger partial charge in [-0.1, -0.05) is 18.2 Å². The van der Waals surface area contributed by atoms with Crippen LogP contribution < -0.4 is 4.74 Å². The molecule has 1 saturated heterocycles. The molecule has 1 aromatic heterocycles. The van der Waals surface area contributed by atoms with E-state index in [0.29, 0.717) is 5.56 Å². The topological polar surface area (TPSA) is 41.1 Å². The smallest absolute Gasteiger partial charge is 0.159 e. The second-order valence-electron chi connectivity index (χ2n) is 7.25. The molecular formula is C22H23F2N3O. The van der Waals surface area contributed by atoms with Crippen LogP contribution >= 0.6 is 0 Å². The van der Waals surface area contributed by atoms with E-state index in [-0.39, 0.29) is 5.92 Å². The first-order valence-corrected chi connectivity index (χ1v) is 9.48. The van der Waals surface area contributed by atoms with E-state index in [1.807, 2.05) is 12.1 Å². The number of nitrogens with zero attached hydrogens (tertiary/aromatic N) is 2. The zero-order valence-electron chi connectivity index (χ0n) is 15.8. The number of methoxy groups -OCH3 is 1. The van der Waals surface area contributed by atoms with Crippen LogP contribution in [0, 0.1) is 11.6 Å². The number of nitrogens with one attached hydrogen (secondary N) is 1. The number of aromatic nitrogens is 2. The standard InChI is InChI=1S/C22H23F2N3O/c1-28-18-6-2-4-15(10-18)13-27-9-3-5-17(14-27)22-19(12-25-26-22)16-7-8-20(23)21(24)11-16/h2,4,6-8,10-12,17H,3,5,9,13-14H2,1H3,(H,25,26)/t17-/m0/s1. The molecule has 1 atom stereocenters. The van der Waals surface area contributed by atoms with Gasteiger partial charge in [-0.05, 0) is 54.8 Å². The molecule has 2 heterocycles. The summed E-state index contributed by atoms with van der Waals surface area (Å²) in [6.45, 7) is 2.76. The summed E-state index contributed by atoms with van der Waals surface area (Å²) in [7, 11) is 1.67. The van der Waals surface area contributed by atoms with Crippen molar-refractivity contribution in [1.82, 2.24) is 15.1 Å². The highest BCUT2D eigenvalue weighted by atomic mass is 19.2. The number of aromatic amines is 1. The van der Waals surface area contributed by atoms with Gasteiger partial charge < -0.3 is 4.74 Å². The van der Waals surface area contributed by atoms with E-state index in [2.05, 4.69) is 27.2 Å². The summed E-state index contributed by atoms with van der Waals surface area (Å²) in [6, 6.07) is 12.1. The lowest BCUT2D eigenvalue weighted by Crippen LogP contribution is -2.34. The summed E-state index contributed by atoms with van der Waals surface area (Å²) >= 11 is 0. The zero-order valence-corrected chi connectivity index (χ0v) is 15.8. The Balaban J connectivity index is 1.52. The second kappa shape index (κ2) is 8.10. The third-order valence-electron chi connectivity index (χ3n) is 5.35. The fourth-order valence-corrected chi connectivity index (χ4v) is 3.96. The van der Waals surface area contributed by atoms with Gasteiger partial charge in [0.05, 0.1) is 13.3 Å². The maximum atomic E-state index is 13.7. The first-order valence-electron chi connectivity index (χ1n) is 9.48. The van der Waals surface area contributed by atoms with Crippen molar-refractivity contribution in [2.45, 2.75) is 25.3 Å². The molecule has 0 aliphatic carbocycles. The lowest BCUT2D eigenvalue weighted by atomic mass is 9.90. The highest BCUT2D eigenvalue weighted by molar-refractivity contribution is 5.66. The SMILES string of the molecule is COc1cccc(CN2CCC[C@H](c3[nH]ncc3-c3ccc(F)c(F)c3)C2)c1. The molecule has 2 aromatic carbocycles. The third-order valence-corrected chi connectivity index (χ3v) is 5.35. The Hall–Kier alpha value is -2.73. The quantitative estimate of drug-likeness (QED) is 0.692. The number of hydrogen-bond donors (Lipinski definition) is 1. The zero-order chi connectivity index (χ0) is 19.5. The van der Waals surface area contributed by atoms with Gasteiger partial charge in [0.25, 0.3) is 0 Å². The Morgan fingerprint density at radius 1 is 1.18 bits per heavy atom. The lowest BCUT2D eigenvalue weighted by molar-refractivity contribution is 0.198. The van der Waals surface area contributed by atoms with Gasteiger partial charge in [0.2, 0.25) is 0 Å². The Kier molecular flexibility index (Phi) is 5.39. The first-order chi connectivity index (χ1) is 13.6. The third kappa shape index (κ3) is 3.92. The summed E-state index contributed by atoms with van der Waals surface area (Å²) in [5, 5.41) is 7.28. The number of piperidine rings is 1. The lowest BCUT2D eigenvalue weighted by Gasteiger charge is -2.32. The Morgan fingerprint density at radius 3 is 2.89 bits per heavy atom. The van der Waals surface area contributed by atoms with Crippen LogP contribution in [0.15, 0.2) is 48.7 Å². The van der Waals surface area contributed by atoms with E-state index in [9.17, 15) is 8.78 Å². The fourth-order valence-electron chi connectivity index (χ4n) is 3.96. The van der Waals surface area contributed by atoms with Crippen LogP contribution in [0.3, 0.4) is 0 Å². The van der Waals surface area contributed by atoms with Crippen molar-refractivity contribution < 1.29 is 13.5 Å². The first kappa shape index (κ1) is 18.6. The number of halogens is 2. The molecule has 0 bridgehead atoms. The number of rotatable bonds is 5. The highest BCUT2D eigenvalue weighted by Gasteiger charge is 2.25. The van der Waals surface area contributed by atoms with Crippen LogP contribution in [0.2, 0.25) is 0 Å². The minimum Gasteiger partial charge on any atom is -0.497 e. The van der Waals surface area contributed by atoms with Crippen molar-refractivity contribution in [2.24, 2.45) is 0 Å². The number of H-pyrrole nitrogens is 1. The molecule has 1 N–H and O–H groups in total. The largest absolute Gasteiger partial charge is 0.497 e. The molecule has 0 amide bonds. The van der Waals surface area contributed by atoms with Gasteiger partial charge in [-0.2, -0.15) is 5.10 Å². The van der Waals surface area contributed by atoms with Crippen LogP contribution in [0.25, 0.3) is 11.1 Å². The number of hydrogen-bond acceptors (Lipinski definition) is 3. The van der Waals surface area contributed by atoms with Crippen LogP contribution in [0.5, 0.6) is 5.75 Å². The molecular weight excluding hydrogens is 360 g/mol. The van der Waals surface area contributed by atoms with Crippen molar-refractivity contribution >= 4 is 0 Å². The Morgan fingerprint density at radius 2 is 2.07 bits per heavy atom. The van der Waals surface area contributed by atoms with E-state index in [1.165, 1.54) is 11.6 Å². The van der Waals surface area contributed by atoms with E-state index in [4.69, 9.17) is 4.74 Å². The van der Waals surface area contributed by atoms with Crippen molar-refractivity contribution in [3.05, 3.63) is 71.6 Å². The molecule has 0 unspecified atom stereocenters. The maximum absolute atomic E-state index is 13.7. The molecule has 4 rings (SSSR count). The molecule has 0 spiro atoms. The van der Waals surface area contributed by atoms with Crippen LogP contribution in [0.1, 0.15) is 30.0 Å². The van der Waals surface area contributed by atoms with E-state index < -0.39 is 11.6 Å². The summed E-state index contributed by atoms with van der Waals surface area (Å²) in [4.78, 5) is 2.42. The van der Waals surface area contributed by atoms with Gasteiger partial charge in [0, 0.05) is 30.3 Å². The summed E-state index contributed by atoms with van der Waals surface area (Å²) in [5.74, 6) is -0.547. The normalized spacial score (nSPS) is 17.6. The van der Waals surface area contributed by atoms with E-state index in [1.54, 1.807) is 19.4 Å². The van der Waals surface area contributed by atoms with E-state index >= 15 is 0 Å². The van der Waals surface area contributed by atoms with Gasteiger partial charge in [0.15, 0.2) is 11.6 Å². The van der Waals surface area contributed by atoms with Gasteiger partial charge in [-0.15, -0.1) is 0 Å². The fraction of sp³-hybridized carbons (Fsp3) is 0.318. The monoisotopic (exact) mass is 383 g/mol. The minimum absolute atomic E-state index is 0.268. The molecule has 4 nitrogen and oxygen atoms in total. The second-order valence-corrected chi connectivity index (χ2v) is 7.25. The van der Waals surface area contributed by atoms with Crippen molar-refractivity contribution in [3.8, 4) is 16.9 Å². The maximum Gasteiger partial charge on any atom is 0.159 e. The predicted molar refractivity (Wildman–Crippen MR) is 104 cm³/mol. The molecule has 3 aromatic rings. The molecule has 1 fully saturated rings. The van der Waals surface area contributed by atoms with Crippen molar-refractivity contribution in [1.29, 1.82) is 0 Å². The summed E-state index contributed by atoms with van der Waals surface area (Å²) < 4.78 is 32.3.